The Balaban J connectivity index is 0.000000186. The number of fused-ring (bicyclic) bond motifs is 4. The lowest BCUT2D eigenvalue weighted by molar-refractivity contribution is -0.923. The maximum absolute atomic E-state index is 12.4. The molecule has 4 saturated heterocycles. The lowest BCUT2D eigenvalue weighted by atomic mass is 9.98. The molecule has 6 rings (SSSR count). The summed E-state index contributed by atoms with van der Waals surface area (Å²) in [4.78, 5) is 27.9. The third-order valence-corrected chi connectivity index (χ3v) is 10.4. The molecule has 4 bridgehead atoms. The monoisotopic (exact) mass is 676 g/mol. The summed E-state index contributed by atoms with van der Waals surface area (Å²) >= 11 is 0. The summed E-state index contributed by atoms with van der Waals surface area (Å²) in [6.07, 6.45) is 8.86. The molecule has 0 aliphatic carbocycles. The van der Waals surface area contributed by atoms with Crippen molar-refractivity contribution in [3.63, 3.8) is 0 Å². The number of benzene rings is 2. The van der Waals surface area contributed by atoms with Gasteiger partial charge in [0.05, 0.1) is 51.5 Å². The smallest absolute Gasteiger partial charge is 0.316 e. The summed E-state index contributed by atoms with van der Waals surface area (Å²) in [5, 5.41) is 19.1. The molecule has 2 aromatic rings. The summed E-state index contributed by atoms with van der Waals surface area (Å²) < 4.78 is 45.5. The minimum absolute atomic E-state index is 0.0245. The summed E-state index contributed by atoms with van der Waals surface area (Å²) in [6, 6.07) is 21.3. The van der Waals surface area contributed by atoms with E-state index in [2.05, 4.69) is 14.1 Å². The number of carbonyl (C=O) groups excluding carboxylic acids is 2. The molecule has 4 fully saturated rings. The minimum Gasteiger partial charge on any atom is -0.759 e. The molecule has 0 amide bonds. The number of quaternary nitrogens is 2. The van der Waals surface area contributed by atoms with E-state index in [0.717, 1.165) is 36.8 Å². The normalized spacial score (nSPS) is 30.4. The van der Waals surface area contributed by atoms with Crippen molar-refractivity contribution in [1.29, 1.82) is 0 Å². The highest BCUT2D eigenvalue weighted by Crippen LogP contribution is 2.28. The van der Waals surface area contributed by atoms with E-state index < -0.39 is 22.2 Å². The molecule has 0 radical (unpaired) electrons. The Labute approximate surface area is 277 Å². The Bertz CT molecular complexity index is 1270. The first-order valence-electron chi connectivity index (χ1n) is 16.4. The molecule has 4 N–H and O–H groups in total. The van der Waals surface area contributed by atoms with Gasteiger partial charge in [0.2, 0.25) is 0 Å². The van der Waals surface area contributed by atoms with E-state index in [1.807, 2.05) is 60.7 Å². The van der Waals surface area contributed by atoms with Crippen LogP contribution in [-0.4, -0.2) is 103 Å². The van der Waals surface area contributed by atoms with Gasteiger partial charge in [-0.15, -0.1) is 0 Å². The average Bonchev–Trinajstić information content (AvgIpc) is 3.34. The van der Waals surface area contributed by atoms with Crippen molar-refractivity contribution in [2.24, 2.45) is 0 Å². The SMILES string of the molecule is C[NH+]1[C@@H]2CC[C@H]1CC(OC(=O)C(CO)c1ccccc1)C2.C[NH+]1[C@@H]2CC[C@H]1CC(OC(=O)C(CO)c1ccccc1)C2.O=S(=O)([O-])[O-]. The Hall–Kier alpha value is -2.91. The molecule has 2 aromatic carbocycles. The maximum Gasteiger partial charge on any atom is 0.316 e. The van der Waals surface area contributed by atoms with Crippen LogP contribution in [0.15, 0.2) is 60.7 Å². The van der Waals surface area contributed by atoms with Gasteiger partial charge in [-0.2, -0.15) is 0 Å². The van der Waals surface area contributed by atoms with Crippen LogP contribution in [0.4, 0.5) is 0 Å². The third-order valence-electron chi connectivity index (χ3n) is 10.4. The molecule has 0 spiro atoms. The van der Waals surface area contributed by atoms with Crippen molar-refractivity contribution in [2.75, 3.05) is 27.3 Å². The number of nitrogens with one attached hydrogen (secondary N) is 2. The van der Waals surface area contributed by atoms with Gasteiger partial charge in [-0.25, -0.2) is 0 Å². The van der Waals surface area contributed by atoms with E-state index in [0.29, 0.717) is 24.2 Å². The second-order valence-electron chi connectivity index (χ2n) is 13.2. The highest BCUT2D eigenvalue weighted by atomic mass is 32.3. The van der Waals surface area contributed by atoms with Crippen LogP contribution in [0.25, 0.3) is 0 Å². The van der Waals surface area contributed by atoms with E-state index in [1.54, 1.807) is 9.80 Å². The number of ether oxygens (including phenoxy) is 2. The zero-order valence-corrected chi connectivity index (χ0v) is 27.8. The minimum atomic E-state index is -5.17. The highest BCUT2D eigenvalue weighted by Gasteiger charge is 2.45. The number of hydrogen-bond acceptors (Lipinski definition) is 10. The van der Waals surface area contributed by atoms with Crippen molar-refractivity contribution >= 4 is 22.3 Å². The van der Waals surface area contributed by atoms with Crippen molar-refractivity contribution in [3.8, 4) is 0 Å². The highest BCUT2D eigenvalue weighted by molar-refractivity contribution is 7.79. The molecule has 6 unspecified atom stereocenters. The quantitative estimate of drug-likeness (QED) is 0.165. The summed E-state index contributed by atoms with van der Waals surface area (Å²) in [6.45, 7) is -0.402. The van der Waals surface area contributed by atoms with Gasteiger partial charge >= 0.3 is 11.9 Å². The van der Waals surface area contributed by atoms with Crippen molar-refractivity contribution in [1.82, 2.24) is 0 Å². The number of hydrogen-bond donors (Lipinski definition) is 4. The van der Waals surface area contributed by atoms with Crippen LogP contribution >= 0.6 is 0 Å². The molecule has 13 heteroatoms. The van der Waals surface area contributed by atoms with Crippen LogP contribution in [0.3, 0.4) is 0 Å². The van der Waals surface area contributed by atoms with Crippen LogP contribution < -0.4 is 9.80 Å². The molecule has 260 valence electrons. The van der Waals surface area contributed by atoms with Gasteiger partial charge < -0.3 is 38.6 Å². The lowest BCUT2D eigenvalue weighted by Crippen LogP contribution is -3.15. The molecule has 10 atom stereocenters. The molecular formula is C34H48N2O10S. The van der Waals surface area contributed by atoms with Crippen molar-refractivity contribution < 1.29 is 56.6 Å². The Morgan fingerprint density at radius 2 is 0.957 bits per heavy atom. The Morgan fingerprint density at radius 3 is 1.21 bits per heavy atom. The zero-order chi connectivity index (χ0) is 34.1. The van der Waals surface area contributed by atoms with E-state index in [9.17, 15) is 19.8 Å². The number of rotatable bonds is 8. The zero-order valence-electron chi connectivity index (χ0n) is 27.0. The predicted molar refractivity (Wildman–Crippen MR) is 169 cm³/mol. The Morgan fingerprint density at radius 1 is 0.681 bits per heavy atom. The predicted octanol–water partition coefficient (Wildman–Crippen LogP) is -0.310. The topological polar surface area (TPSA) is 182 Å². The largest absolute Gasteiger partial charge is 0.759 e. The van der Waals surface area contributed by atoms with Crippen molar-refractivity contribution in [2.45, 2.75) is 99.6 Å². The van der Waals surface area contributed by atoms with Gasteiger partial charge in [-0.3, -0.25) is 18.0 Å². The van der Waals surface area contributed by atoms with Gasteiger partial charge in [0.15, 0.2) is 0 Å². The number of aliphatic hydroxyl groups excluding tert-OH is 2. The first-order chi connectivity index (χ1) is 22.4. The number of piperidine rings is 2. The molecule has 0 saturated carbocycles. The first kappa shape index (κ1) is 36.9. The van der Waals surface area contributed by atoms with Gasteiger partial charge in [0.25, 0.3) is 0 Å². The van der Waals surface area contributed by atoms with E-state index in [4.69, 9.17) is 27.0 Å². The average molecular weight is 677 g/mol. The summed E-state index contributed by atoms with van der Waals surface area (Å²) in [5.74, 6) is -1.69. The van der Waals surface area contributed by atoms with Crippen LogP contribution in [0, 0.1) is 0 Å². The van der Waals surface area contributed by atoms with Crippen molar-refractivity contribution in [3.05, 3.63) is 71.8 Å². The second kappa shape index (κ2) is 17.0. The fraction of sp³-hybridized carbons (Fsp3) is 0.588. The van der Waals surface area contributed by atoms with Crippen LogP contribution in [0.1, 0.15) is 74.3 Å². The number of esters is 2. The van der Waals surface area contributed by atoms with Crippen LogP contribution in [0.5, 0.6) is 0 Å². The van der Waals surface area contributed by atoms with E-state index in [-0.39, 0.29) is 37.4 Å². The molecule has 12 nitrogen and oxygen atoms in total. The summed E-state index contributed by atoms with van der Waals surface area (Å²) in [5.41, 5.74) is 1.65. The van der Waals surface area contributed by atoms with E-state index in [1.165, 1.54) is 25.7 Å². The summed E-state index contributed by atoms with van der Waals surface area (Å²) in [7, 11) is -0.665. The molecule has 4 aliphatic heterocycles. The third kappa shape index (κ3) is 10.5. The molecular weight excluding hydrogens is 628 g/mol. The number of carbonyl (C=O) groups is 2. The first-order valence-corrected chi connectivity index (χ1v) is 17.8. The standard InChI is InChI=1S/2C17H23NO3.H2O4S/c2*1-18-13-7-8-14(18)10-15(9-13)21-17(20)16(11-19)12-5-3-2-4-6-12;1-5(2,3)4/h2*2-6,13-16,19H,7-11H2,1H3;(H2,1,2,3,4)/t2*13-,14+,15?,16?;. The van der Waals surface area contributed by atoms with Gasteiger partial charge in [0.1, 0.15) is 24.0 Å². The number of aliphatic hydroxyl groups is 2. The fourth-order valence-corrected chi connectivity index (χ4v) is 7.75. The van der Waals surface area contributed by atoms with Gasteiger partial charge in [0, 0.05) is 61.8 Å². The molecule has 4 heterocycles. The second-order valence-corrected chi connectivity index (χ2v) is 14.0. The van der Waals surface area contributed by atoms with Gasteiger partial charge in [-0.05, 0) is 11.1 Å². The Kier molecular flexibility index (Phi) is 13.3. The molecule has 4 aliphatic rings. The van der Waals surface area contributed by atoms with Gasteiger partial charge in [-0.1, -0.05) is 60.7 Å². The molecule has 47 heavy (non-hydrogen) atoms. The fourth-order valence-electron chi connectivity index (χ4n) is 7.75. The van der Waals surface area contributed by atoms with Crippen LogP contribution in [0.2, 0.25) is 0 Å². The molecule has 0 aromatic heterocycles. The lowest BCUT2D eigenvalue weighted by Gasteiger charge is -2.33. The van der Waals surface area contributed by atoms with Crippen LogP contribution in [-0.2, 0) is 29.5 Å². The maximum atomic E-state index is 12.4. The van der Waals surface area contributed by atoms with E-state index >= 15 is 0 Å².